The molecule has 0 bridgehead atoms. The molecule has 0 radical (unpaired) electrons. The number of benzene rings is 1. The molecular weight excluding hydrogens is 264 g/mol. The number of rotatable bonds is 4. The number of ether oxygens (including phenoxy) is 1. The first-order chi connectivity index (χ1) is 10.1. The molecule has 0 saturated carbocycles. The van der Waals surface area contributed by atoms with Gasteiger partial charge in [0.05, 0.1) is 18.8 Å². The number of anilines is 1. The topological polar surface area (TPSA) is 70.8 Å². The van der Waals surface area contributed by atoms with Gasteiger partial charge in [-0.1, -0.05) is 12.1 Å². The first kappa shape index (κ1) is 14.8. The van der Waals surface area contributed by atoms with E-state index in [9.17, 15) is 5.26 Å². The lowest BCUT2D eigenvalue weighted by molar-refractivity contribution is 0.414. The van der Waals surface area contributed by atoms with Crippen LogP contribution >= 0.6 is 0 Å². The van der Waals surface area contributed by atoms with E-state index in [0.717, 1.165) is 22.6 Å². The van der Waals surface area contributed by atoms with Crippen molar-refractivity contribution >= 4 is 5.82 Å². The molecule has 0 fully saturated rings. The number of nitrogens with one attached hydrogen (secondary N) is 1. The highest BCUT2D eigenvalue weighted by Gasteiger charge is 2.14. The molecule has 2 rings (SSSR count). The monoisotopic (exact) mass is 282 g/mol. The molecular formula is C16H18N4O. The van der Waals surface area contributed by atoms with Gasteiger partial charge < -0.3 is 10.1 Å². The van der Waals surface area contributed by atoms with Crippen LogP contribution < -0.4 is 10.1 Å². The first-order valence-electron chi connectivity index (χ1n) is 6.71. The van der Waals surface area contributed by atoms with E-state index in [2.05, 4.69) is 21.6 Å². The van der Waals surface area contributed by atoms with Crippen LogP contribution in [0.3, 0.4) is 0 Å². The average molecular weight is 282 g/mol. The molecule has 1 heterocycles. The highest BCUT2D eigenvalue weighted by molar-refractivity contribution is 5.56. The maximum atomic E-state index is 9.30. The van der Waals surface area contributed by atoms with Crippen LogP contribution in [0.15, 0.2) is 24.3 Å². The molecule has 2 aromatic rings. The second-order valence-corrected chi connectivity index (χ2v) is 4.89. The minimum Gasteiger partial charge on any atom is -0.497 e. The fourth-order valence-corrected chi connectivity index (χ4v) is 2.03. The maximum Gasteiger partial charge on any atom is 0.167 e. The Balaban J connectivity index is 2.25. The van der Waals surface area contributed by atoms with E-state index in [1.807, 2.05) is 45.0 Å². The third-order valence-electron chi connectivity index (χ3n) is 3.54. The van der Waals surface area contributed by atoms with Crippen LogP contribution in [-0.4, -0.2) is 17.3 Å². The second-order valence-electron chi connectivity index (χ2n) is 4.89. The van der Waals surface area contributed by atoms with E-state index in [0.29, 0.717) is 11.4 Å². The molecule has 108 valence electrons. The van der Waals surface area contributed by atoms with Gasteiger partial charge in [-0.2, -0.15) is 10.4 Å². The van der Waals surface area contributed by atoms with E-state index in [1.54, 1.807) is 7.11 Å². The zero-order valence-electron chi connectivity index (χ0n) is 12.6. The lowest BCUT2D eigenvalue weighted by Gasteiger charge is -2.16. The molecule has 1 atom stereocenters. The minimum absolute atomic E-state index is 0.0133. The number of methoxy groups -OCH3 is 1. The standard InChI is InChI=1S/C16H18N4O/c1-10-11(2)19-20-16(15(10)9-17)18-12(3)13-5-7-14(21-4)8-6-13/h5-8,12H,1-4H3,(H,18,20). The molecule has 1 N–H and O–H groups in total. The van der Waals surface area contributed by atoms with Gasteiger partial charge in [0.15, 0.2) is 5.82 Å². The van der Waals surface area contributed by atoms with Crippen LogP contribution in [0.1, 0.15) is 35.3 Å². The Kier molecular flexibility index (Phi) is 4.39. The van der Waals surface area contributed by atoms with E-state index in [4.69, 9.17) is 4.74 Å². The van der Waals surface area contributed by atoms with Crippen LogP contribution in [0.25, 0.3) is 0 Å². The molecule has 5 nitrogen and oxygen atoms in total. The Morgan fingerprint density at radius 2 is 1.86 bits per heavy atom. The van der Waals surface area contributed by atoms with Crippen molar-refractivity contribution < 1.29 is 4.74 Å². The Bertz CT molecular complexity index is 674. The molecule has 1 aromatic heterocycles. The molecule has 5 heteroatoms. The zero-order valence-corrected chi connectivity index (χ0v) is 12.6. The van der Waals surface area contributed by atoms with Crippen molar-refractivity contribution in [1.29, 1.82) is 5.26 Å². The van der Waals surface area contributed by atoms with Crippen LogP contribution in [0.2, 0.25) is 0 Å². The summed E-state index contributed by atoms with van der Waals surface area (Å²) in [6, 6.07) is 9.99. The van der Waals surface area contributed by atoms with Gasteiger partial charge in [0.2, 0.25) is 0 Å². The van der Waals surface area contributed by atoms with Crippen molar-refractivity contribution in [3.05, 3.63) is 46.6 Å². The number of nitriles is 1. The summed E-state index contributed by atoms with van der Waals surface area (Å²) in [5.41, 5.74) is 3.26. The van der Waals surface area contributed by atoms with Gasteiger partial charge in [0.25, 0.3) is 0 Å². The summed E-state index contributed by atoms with van der Waals surface area (Å²) in [5.74, 6) is 1.33. The molecule has 0 aliphatic heterocycles. The summed E-state index contributed by atoms with van der Waals surface area (Å²) in [4.78, 5) is 0. The second kappa shape index (κ2) is 6.23. The average Bonchev–Trinajstić information content (AvgIpc) is 2.51. The first-order valence-corrected chi connectivity index (χ1v) is 6.71. The number of nitrogens with zero attached hydrogens (tertiary/aromatic N) is 3. The summed E-state index contributed by atoms with van der Waals surface area (Å²) in [6.07, 6.45) is 0. The van der Waals surface area contributed by atoms with Gasteiger partial charge in [-0.3, -0.25) is 0 Å². The smallest absolute Gasteiger partial charge is 0.167 e. The summed E-state index contributed by atoms with van der Waals surface area (Å²) in [5, 5.41) is 20.7. The Hall–Kier alpha value is -2.61. The van der Waals surface area contributed by atoms with Crippen molar-refractivity contribution in [2.75, 3.05) is 12.4 Å². The van der Waals surface area contributed by atoms with Crippen molar-refractivity contribution in [3.63, 3.8) is 0 Å². The van der Waals surface area contributed by atoms with Crippen molar-refractivity contribution in [3.8, 4) is 11.8 Å². The lowest BCUT2D eigenvalue weighted by Crippen LogP contribution is -2.11. The Morgan fingerprint density at radius 1 is 1.19 bits per heavy atom. The summed E-state index contributed by atoms with van der Waals surface area (Å²) in [6.45, 7) is 5.74. The molecule has 0 amide bonds. The zero-order chi connectivity index (χ0) is 15.4. The number of aryl methyl sites for hydroxylation is 1. The van der Waals surface area contributed by atoms with Gasteiger partial charge in [0, 0.05) is 0 Å². The Morgan fingerprint density at radius 3 is 2.43 bits per heavy atom. The van der Waals surface area contributed by atoms with Gasteiger partial charge in [-0.25, -0.2) is 0 Å². The van der Waals surface area contributed by atoms with Crippen LogP contribution in [0, 0.1) is 25.2 Å². The molecule has 21 heavy (non-hydrogen) atoms. The predicted molar refractivity (Wildman–Crippen MR) is 81.3 cm³/mol. The van der Waals surface area contributed by atoms with E-state index < -0.39 is 0 Å². The fraction of sp³-hybridized carbons (Fsp3) is 0.312. The molecule has 1 unspecified atom stereocenters. The molecule has 0 spiro atoms. The Labute approximate surface area is 124 Å². The molecule has 0 aliphatic carbocycles. The number of hydrogen-bond donors (Lipinski definition) is 1. The van der Waals surface area contributed by atoms with Gasteiger partial charge >= 0.3 is 0 Å². The number of hydrogen-bond acceptors (Lipinski definition) is 5. The normalized spacial score (nSPS) is 11.6. The molecule has 0 aliphatic rings. The lowest BCUT2D eigenvalue weighted by atomic mass is 10.1. The number of aromatic nitrogens is 2. The highest BCUT2D eigenvalue weighted by Crippen LogP contribution is 2.24. The summed E-state index contributed by atoms with van der Waals surface area (Å²) in [7, 11) is 1.64. The van der Waals surface area contributed by atoms with Crippen molar-refractivity contribution in [1.82, 2.24) is 10.2 Å². The summed E-state index contributed by atoms with van der Waals surface area (Å²) >= 11 is 0. The van der Waals surface area contributed by atoms with Gasteiger partial charge in [-0.05, 0) is 44.0 Å². The maximum absolute atomic E-state index is 9.30. The van der Waals surface area contributed by atoms with E-state index in [-0.39, 0.29) is 6.04 Å². The minimum atomic E-state index is 0.0133. The van der Waals surface area contributed by atoms with Gasteiger partial charge in [0.1, 0.15) is 17.4 Å². The van der Waals surface area contributed by atoms with Crippen molar-refractivity contribution in [2.24, 2.45) is 0 Å². The largest absolute Gasteiger partial charge is 0.497 e. The van der Waals surface area contributed by atoms with Crippen LogP contribution in [0.5, 0.6) is 5.75 Å². The van der Waals surface area contributed by atoms with Crippen molar-refractivity contribution in [2.45, 2.75) is 26.8 Å². The summed E-state index contributed by atoms with van der Waals surface area (Å²) < 4.78 is 5.15. The third-order valence-corrected chi connectivity index (χ3v) is 3.54. The quantitative estimate of drug-likeness (QED) is 0.932. The highest BCUT2D eigenvalue weighted by atomic mass is 16.5. The molecule has 0 saturated heterocycles. The SMILES string of the molecule is COc1ccc(C(C)Nc2nnc(C)c(C)c2C#N)cc1. The van der Waals surface area contributed by atoms with Gasteiger partial charge in [-0.15, -0.1) is 5.10 Å². The van der Waals surface area contributed by atoms with Crippen LogP contribution in [-0.2, 0) is 0 Å². The fourth-order valence-electron chi connectivity index (χ4n) is 2.03. The predicted octanol–water partition coefficient (Wildman–Crippen LogP) is 3.15. The van der Waals surface area contributed by atoms with E-state index >= 15 is 0 Å². The molecule has 1 aromatic carbocycles. The van der Waals surface area contributed by atoms with Crippen LogP contribution in [0.4, 0.5) is 5.82 Å². The third kappa shape index (κ3) is 3.11. The van der Waals surface area contributed by atoms with E-state index in [1.165, 1.54) is 0 Å².